The van der Waals surface area contributed by atoms with E-state index in [-0.39, 0.29) is 11.7 Å². The van der Waals surface area contributed by atoms with Gasteiger partial charge in [0.1, 0.15) is 0 Å². The molecule has 3 rings (SSSR count). The summed E-state index contributed by atoms with van der Waals surface area (Å²) in [6, 6.07) is 14.5. The molecule has 0 saturated carbocycles. The van der Waals surface area contributed by atoms with Crippen LogP contribution < -0.4 is 5.32 Å². The first kappa shape index (κ1) is 23.5. The molecule has 0 aliphatic carbocycles. The Kier molecular flexibility index (Phi) is 8.04. The van der Waals surface area contributed by atoms with Crippen LogP contribution in [0.4, 0.5) is 5.13 Å². The minimum absolute atomic E-state index is 0.0935. The average Bonchev–Trinajstić information content (AvgIpc) is 3.13. The molecule has 0 aliphatic heterocycles. The fourth-order valence-corrected chi connectivity index (χ4v) is 4.44. The number of aromatic nitrogens is 1. The molecule has 0 fully saturated rings. The number of amides is 1. The number of benzene rings is 2. The smallest absolute Gasteiger partial charge is 0.337 e. The highest BCUT2D eigenvalue weighted by molar-refractivity contribution is 7.78. The maximum atomic E-state index is 11.6. The molecular weight excluding hydrogens is 448 g/mol. The molecule has 166 valence electrons. The molecule has 9 heteroatoms. The second-order valence-electron chi connectivity index (χ2n) is 6.91. The number of anilines is 1. The number of nitrogens with one attached hydrogen (secondary N) is 1. The summed E-state index contributed by atoms with van der Waals surface area (Å²) in [6.45, 7) is 1.43. The highest BCUT2D eigenvalue weighted by Crippen LogP contribution is 2.27. The van der Waals surface area contributed by atoms with Gasteiger partial charge in [-0.2, -0.15) is 0 Å². The van der Waals surface area contributed by atoms with Gasteiger partial charge in [-0.1, -0.05) is 42.5 Å². The van der Waals surface area contributed by atoms with Crippen molar-refractivity contribution >= 4 is 51.6 Å². The highest BCUT2D eigenvalue weighted by Gasteiger charge is 2.12. The molecule has 1 amide bonds. The van der Waals surface area contributed by atoms with Crippen LogP contribution in [-0.2, 0) is 32.8 Å². The number of rotatable bonds is 8. The number of carbonyl (C=O) groups excluding carboxylic acids is 2. The zero-order valence-corrected chi connectivity index (χ0v) is 19.2. The van der Waals surface area contributed by atoms with E-state index in [2.05, 4.69) is 10.3 Å². The molecule has 0 radical (unpaired) electrons. The molecule has 3 aromatic rings. The van der Waals surface area contributed by atoms with Gasteiger partial charge >= 0.3 is 5.97 Å². The van der Waals surface area contributed by atoms with Crippen LogP contribution in [0.1, 0.15) is 44.5 Å². The van der Waals surface area contributed by atoms with E-state index in [9.17, 15) is 13.8 Å². The van der Waals surface area contributed by atoms with Crippen LogP contribution in [0, 0.1) is 0 Å². The van der Waals surface area contributed by atoms with Crippen molar-refractivity contribution in [3.05, 3.63) is 81.4 Å². The van der Waals surface area contributed by atoms with Gasteiger partial charge in [-0.25, -0.2) is 14.0 Å². The van der Waals surface area contributed by atoms with Crippen molar-refractivity contribution in [3.8, 4) is 0 Å². The molecule has 2 aromatic carbocycles. The molecule has 0 bridgehead atoms. The Morgan fingerprint density at radius 1 is 1.09 bits per heavy atom. The van der Waals surface area contributed by atoms with Crippen molar-refractivity contribution < 1.29 is 23.1 Å². The summed E-state index contributed by atoms with van der Waals surface area (Å²) in [5.41, 5.74) is 3.90. The van der Waals surface area contributed by atoms with E-state index >= 15 is 0 Å². The quantitative estimate of drug-likeness (QED) is 0.374. The van der Waals surface area contributed by atoms with Gasteiger partial charge < -0.3 is 14.6 Å². The first-order valence-electron chi connectivity index (χ1n) is 9.63. The van der Waals surface area contributed by atoms with Gasteiger partial charge in [0.25, 0.3) is 0 Å². The Morgan fingerprint density at radius 2 is 1.75 bits per heavy atom. The topological polar surface area (TPSA) is 106 Å². The molecule has 1 unspecified atom stereocenters. The lowest BCUT2D eigenvalue weighted by Gasteiger charge is -2.03. The van der Waals surface area contributed by atoms with E-state index in [0.717, 1.165) is 27.3 Å². The van der Waals surface area contributed by atoms with Gasteiger partial charge in [-0.3, -0.25) is 4.79 Å². The summed E-state index contributed by atoms with van der Waals surface area (Å²) >= 11 is -0.478. The highest BCUT2D eigenvalue weighted by atomic mass is 32.2. The third-order valence-corrected chi connectivity index (χ3v) is 6.02. The van der Waals surface area contributed by atoms with E-state index in [1.54, 1.807) is 12.1 Å². The van der Waals surface area contributed by atoms with E-state index in [4.69, 9.17) is 9.29 Å². The van der Waals surface area contributed by atoms with E-state index in [1.807, 2.05) is 48.6 Å². The number of hydrogen-bond acceptors (Lipinski definition) is 6. The Morgan fingerprint density at radius 3 is 2.34 bits per heavy atom. The molecule has 0 spiro atoms. The summed E-state index contributed by atoms with van der Waals surface area (Å²) in [6.07, 6.45) is 4.35. The van der Waals surface area contributed by atoms with Gasteiger partial charge in [-0.05, 0) is 34.9 Å². The van der Waals surface area contributed by atoms with Gasteiger partial charge in [0.2, 0.25) is 5.91 Å². The fraction of sp³-hybridized carbons (Fsp3) is 0.174. The van der Waals surface area contributed by atoms with Crippen molar-refractivity contribution in [2.75, 3.05) is 12.4 Å². The third-order valence-electron chi connectivity index (χ3n) is 4.45. The monoisotopic (exact) mass is 470 g/mol. The van der Waals surface area contributed by atoms with Crippen molar-refractivity contribution in [2.24, 2.45) is 0 Å². The number of hydrogen-bond donors (Lipinski definition) is 2. The van der Waals surface area contributed by atoms with Gasteiger partial charge in [0, 0.05) is 18.2 Å². The molecule has 0 aliphatic rings. The zero-order chi connectivity index (χ0) is 23.1. The molecule has 1 heterocycles. The van der Waals surface area contributed by atoms with Crippen LogP contribution in [0.15, 0.2) is 48.5 Å². The normalized spacial score (nSPS) is 12.0. The van der Waals surface area contributed by atoms with Crippen LogP contribution in [-0.4, -0.2) is 32.7 Å². The van der Waals surface area contributed by atoms with E-state index in [0.29, 0.717) is 17.1 Å². The molecule has 32 heavy (non-hydrogen) atoms. The third kappa shape index (κ3) is 6.68. The lowest BCUT2D eigenvalue weighted by atomic mass is 10.1. The predicted octanol–water partition coefficient (Wildman–Crippen LogP) is 4.37. The Hall–Kier alpha value is -3.14. The summed E-state index contributed by atoms with van der Waals surface area (Å²) in [5.74, 6) is -0.491. The maximum Gasteiger partial charge on any atom is 0.337 e. The zero-order valence-electron chi connectivity index (χ0n) is 17.5. The van der Waals surface area contributed by atoms with Crippen LogP contribution in [0.3, 0.4) is 0 Å². The Balaban J connectivity index is 1.82. The number of thiazole rings is 1. The summed E-state index contributed by atoms with van der Waals surface area (Å²) < 4.78 is 24.7. The van der Waals surface area contributed by atoms with Crippen LogP contribution in [0.25, 0.3) is 12.2 Å². The van der Waals surface area contributed by atoms with Crippen molar-refractivity contribution in [3.63, 3.8) is 0 Å². The number of esters is 1. The van der Waals surface area contributed by atoms with Crippen molar-refractivity contribution in [1.29, 1.82) is 0 Å². The van der Waals surface area contributed by atoms with E-state index in [1.165, 1.54) is 25.4 Å². The van der Waals surface area contributed by atoms with E-state index < -0.39 is 17.0 Å². The standard InChI is InChI=1S/C23H22N2O5S2/c1-15(26)24-23-25-20(12-9-16-7-10-19(11-8-16)22(27)30-2)21(31-23)13-17-3-5-18(6-4-17)14-32(28)29/h3-12H,13-14H2,1-2H3,(H,28,29)(H,24,25,26)/b12-9-. The van der Waals surface area contributed by atoms with Gasteiger partial charge in [0.05, 0.1) is 24.1 Å². The second-order valence-corrected chi connectivity index (χ2v) is 8.93. The summed E-state index contributed by atoms with van der Waals surface area (Å²) in [5, 5.41) is 3.24. The van der Waals surface area contributed by atoms with Crippen molar-refractivity contribution in [2.45, 2.75) is 19.1 Å². The number of methoxy groups -OCH3 is 1. The van der Waals surface area contributed by atoms with Gasteiger partial charge in [0.15, 0.2) is 16.2 Å². The first-order valence-corrected chi connectivity index (χ1v) is 11.7. The average molecular weight is 471 g/mol. The summed E-state index contributed by atoms with van der Waals surface area (Å²) in [4.78, 5) is 28.5. The Bertz CT molecular complexity index is 1150. The SMILES string of the molecule is COC(=O)c1ccc(/C=C\c2nc(NC(C)=O)sc2Cc2ccc(CS(=O)O)cc2)cc1. The second kappa shape index (κ2) is 10.9. The Labute approximate surface area is 192 Å². The fourth-order valence-electron chi connectivity index (χ4n) is 2.93. The van der Waals surface area contributed by atoms with Crippen LogP contribution in [0.5, 0.6) is 0 Å². The molecule has 7 nitrogen and oxygen atoms in total. The molecule has 2 N–H and O–H groups in total. The molecule has 1 atom stereocenters. The maximum absolute atomic E-state index is 11.6. The largest absolute Gasteiger partial charge is 0.465 e. The van der Waals surface area contributed by atoms with Crippen LogP contribution >= 0.6 is 11.3 Å². The predicted molar refractivity (Wildman–Crippen MR) is 127 cm³/mol. The molecule has 1 aromatic heterocycles. The minimum atomic E-state index is -1.88. The summed E-state index contributed by atoms with van der Waals surface area (Å²) in [7, 11) is 1.34. The number of ether oxygens (including phenoxy) is 1. The van der Waals surface area contributed by atoms with Crippen LogP contribution in [0.2, 0.25) is 0 Å². The molecule has 0 saturated heterocycles. The first-order chi connectivity index (χ1) is 15.3. The lowest BCUT2D eigenvalue weighted by Crippen LogP contribution is -2.04. The lowest BCUT2D eigenvalue weighted by molar-refractivity contribution is -0.114. The number of carbonyl (C=O) groups is 2. The number of nitrogens with zero attached hydrogens (tertiary/aromatic N) is 1. The van der Waals surface area contributed by atoms with Crippen molar-refractivity contribution in [1.82, 2.24) is 4.98 Å². The minimum Gasteiger partial charge on any atom is -0.465 e. The van der Waals surface area contributed by atoms with Gasteiger partial charge in [-0.15, -0.1) is 11.3 Å². The molecular formula is C23H22N2O5S2.